The fourth-order valence-corrected chi connectivity index (χ4v) is 1.27. The predicted molar refractivity (Wildman–Crippen MR) is 58.2 cm³/mol. The van der Waals surface area contributed by atoms with Crippen LogP contribution in [0.4, 0.5) is 5.69 Å². The quantitative estimate of drug-likeness (QED) is 0.825. The number of amides is 1. The minimum absolute atomic E-state index is 0.498. The van der Waals surface area contributed by atoms with E-state index in [0.717, 1.165) is 10.0 Å². The first-order valence-electron chi connectivity index (χ1n) is 4.09. The van der Waals surface area contributed by atoms with E-state index in [-0.39, 0.29) is 0 Å². The van der Waals surface area contributed by atoms with Crippen LogP contribution < -0.4 is 5.32 Å². The van der Waals surface area contributed by atoms with Gasteiger partial charge in [-0.25, -0.2) is 0 Å². The summed E-state index contributed by atoms with van der Waals surface area (Å²) in [6.45, 7) is 3.18. The van der Waals surface area contributed by atoms with Gasteiger partial charge in [0.05, 0.1) is 0 Å². The number of hydrogen-bond donors (Lipinski definition) is 1. The van der Waals surface area contributed by atoms with Crippen LogP contribution in [-0.2, 0) is 9.59 Å². The van der Waals surface area contributed by atoms with Gasteiger partial charge in [0.1, 0.15) is 0 Å². The van der Waals surface area contributed by atoms with Crippen molar-refractivity contribution >= 4 is 33.3 Å². The second-order valence-corrected chi connectivity index (χ2v) is 3.83. The van der Waals surface area contributed by atoms with Crippen molar-refractivity contribution in [1.29, 1.82) is 0 Å². The lowest BCUT2D eigenvalue weighted by atomic mass is 10.2. The van der Waals surface area contributed by atoms with Crippen LogP contribution in [-0.4, -0.2) is 11.7 Å². The summed E-state index contributed by atoms with van der Waals surface area (Å²) >= 11 is 3.34. The van der Waals surface area contributed by atoms with Crippen LogP contribution >= 0.6 is 15.9 Å². The van der Waals surface area contributed by atoms with Crippen LogP contribution in [0.5, 0.6) is 0 Å². The average Bonchev–Trinajstić information content (AvgIpc) is 2.11. The van der Waals surface area contributed by atoms with Gasteiger partial charge in [-0.2, -0.15) is 0 Å². The molecule has 0 spiro atoms. The molecule has 74 valence electrons. The maximum absolute atomic E-state index is 11.0. The Hall–Kier alpha value is -1.16. The highest BCUT2D eigenvalue weighted by atomic mass is 79.9. The molecule has 3 nitrogen and oxygen atoms in total. The van der Waals surface area contributed by atoms with Crippen molar-refractivity contribution < 1.29 is 9.59 Å². The first-order valence-corrected chi connectivity index (χ1v) is 4.88. The summed E-state index contributed by atoms with van der Waals surface area (Å²) in [6, 6.07) is 5.37. The Kier molecular flexibility index (Phi) is 3.41. The van der Waals surface area contributed by atoms with Crippen LogP contribution in [0.1, 0.15) is 12.5 Å². The van der Waals surface area contributed by atoms with E-state index in [0.29, 0.717) is 5.69 Å². The number of nitrogens with one attached hydrogen (secondary N) is 1. The van der Waals surface area contributed by atoms with Crippen molar-refractivity contribution in [1.82, 2.24) is 0 Å². The molecule has 1 amide bonds. The predicted octanol–water partition coefficient (Wildman–Crippen LogP) is 2.29. The van der Waals surface area contributed by atoms with Crippen LogP contribution in [0.15, 0.2) is 22.7 Å². The highest BCUT2D eigenvalue weighted by Crippen LogP contribution is 2.20. The molecule has 0 radical (unpaired) electrons. The molecule has 0 aromatic heterocycles. The van der Waals surface area contributed by atoms with E-state index in [1.54, 1.807) is 12.1 Å². The van der Waals surface area contributed by atoms with E-state index in [2.05, 4.69) is 21.2 Å². The van der Waals surface area contributed by atoms with Crippen LogP contribution in [0.3, 0.4) is 0 Å². The Bertz CT molecular complexity index is 388. The number of rotatable bonds is 2. The molecule has 0 aliphatic rings. The van der Waals surface area contributed by atoms with E-state index in [1.165, 1.54) is 6.92 Å². The lowest BCUT2D eigenvalue weighted by Gasteiger charge is -2.04. The zero-order chi connectivity index (χ0) is 10.7. The fraction of sp³-hybridized carbons (Fsp3) is 0.200. The SMILES string of the molecule is CC(=O)C(=O)Nc1ccc(C)c(Br)c1. The standard InChI is InChI=1S/C10H10BrNO2/c1-6-3-4-8(5-9(6)11)12-10(14)7(2)13/h3-5H,1-2H3,(H,12,14). The van der Waals surface area contributed by atoms with Gasteiger partial charge in [0.15, 0.2) is 0 Å². The molecule has 1 aromatic rings. The molecular formula is C10H10BrNO2. The number of Topliss-reactive ketones (excluding diaryl/α,β-unsaturated/α-hetero) is 1. The van der Waals surface area contributed by atoms with Crippen molar-refractivity contribution in [2.75, 3.05) is 5.32 Å². The van der Waals surface area contributed by atoms with E-state index in [4.69, 9.17) is 0 Å². The van der Waals surface area contributed by atoms with Gasteiger partial charge in [-0.1, -0.05) is 22.0 Å². The van der Waals surface area contributed by atoms with Gasteiger partial charge >= 0.3 is 0 Å². The largest absolute Gasteiger partial charge is 0.319 e. The van der Waals surface area contributed by atoms with Crippen LogP contribution in [0.25, 0.3) is 0 Å². The molecule has 1 aromatic carbocycles. The number of carbonyl (C=O) groups is 2. The summed E-state index contributed by atoms with van der Waals surface area (Å²) < 4.78 is 0.902. The zero-order valence-corrected chi connectivity index (χ0v) is 9.51. The summed E-state index contributed by atoms with van der Waals surface area (Å²) in [4.78, 5) is 21.7. The van der Waals surface area contributed by atoms with Gasteiger partial charge in [-0.05, 0) is 24.6 Å². The highest BCUT2D eigenvalue weighted by Gasteiger charge is 2.07. The molecule has 0 saturated heterocycles. The highest BCUT2D eigenvalue weighted by molar-refractivity contribution is 9.10. The maximum Gasteiger partial charge on any atom is 0.291 e. The van der Waals surface area contributed by atoms with Gasteiger partial charge in [-0.15, -0.1) is 0 Å². The van der Waals surface area contributed by atoms with Gasteiger partial charge in [0.25, 0.3) is 5.91 Å². The Morgan fingerprint density at radius 3 is 2.50 bits per heavy atom. The minimum atomic E-state index is -0.597. The van der Waals surface area contributed by atoms with Crippen molar-refractivity contribution in [3.05, 3.63) is 28.2 Å². The molecule has 0 aliphatic carbocycles. The molecule has 0 saturated carbocycles. The second kappa shape index (κ2) is 4.37. The molecule has 14 heavy (non-hydrogen) atoms. The number of anilines is 1. The number of aryl methyl sites for hydroxylation is 1. The summed E-state index contributed by atoms with van der Waals surface area (Å²) in [5.41, 5.74) is 1.69. The molecule has 0 heterocycles. The molecular weight excluding hydrogens is 246 g/mol. The smallest absolute Gasteiger partial charge is 0.291 e. The Balaban J connectivity index is 2.83. The Morgan fingerprint density at radius 1 is 1.36 bits per heavy atom. The number of benzene rings is 1. The van der Waals surface area contributed by atoms with E-state index in [9.17, 15) is 9.59 Å². The first-order chi connectivity index (χ1) is 6.50. The van der Waals surface area contributed by atoms with Gasteiger partial charge < -0.3 is 5.32 Å². The Morgan fingerprint density at radius 2 is 2.00 bits per heavy atom. The lowest BCUT2D eigenvalue weighted by Crippen LogP contribution is -2.19. The zero-order valence-electron chi connectivity index (χ0n) is 7.93. The maximum atomic E-state index is 11.0. The van der Waals surface area contributed by atoms with Crippen LogP contribution in [0, 0.1) is 6.92 Å². The number of halogens is 1. The van der Waals surface area contributed by atoms with Crippen LogP contribution in [0.2, 0.25) is 0 Å². The van der Waals surface area contributed by atoms with Gasteiger partial charge in [-0.3, -0.25) is 9.59 Å². The van der Waals surface area contributed by atoms with E-state index < -0.39 is 11.7 Å². The molecule has 1 rings (SSSR count). The molecule has 0 atom stereocenters. The number of ketones is 1. The van der Waals surface area contributed by atoms with Crippen molar-refractivity contribution in [3.8, 4) is 0 Å². The monoisotopic (exact) mass is 255 g/mol. The first kappa shape index (κ1) is 10.9. The summed E-state index contributed by atoms with van der Waals surface area (Å²) in [5, 5.41) is 2.49. The van der Waals surface area contributed by atoms with Gasteiger partial charge in [0, 0.05) is 17.1 Å². The minimum Gasteiger partial charge on any atom is -0.319 e. The van der Waals surface area contributed by atoms with Crippen molar-refractivity contribution in [2.45, 2.75) is 13.8 Å². The van der Waals surface area contributed by atoms with Crippen molar-refractivity contribution in [2.24, 2.45) is 0 Å². The third-order valence-corrected chi connectivity index (χ3v) is 2.60. The van der Waals surface area contributed by atoms with E-state index in [1.807, 2.05) is 13.0 Å². The summed E-state index contributed by atoms with van der Waals surface area (Å²) in [7, 11) is 0. The van der Waals surface area contributed by atoms with Crippen molar-refractivity contribution in [3.63, 3.8) is 0 Å². The molecule has 4 heteroatoms. The number of hydrogen-bond acceptors (Lipinski definition) is 2. The fourth-order valence-electron chi connectivity index (χ4n) is 0.890. The second-order valence-electron chi connectivity index (χ2n) is 2.97. The molecule has 0 bridgehead atoms. The average molecular weight is 256 g/mol. The third kappa shape index (κ3) is 2.67. The molecule has 0 fully saturated rings. The molecule has 0 unspecified atom stereocenters. The van der Waals surface area contributed by atoms with E-state index >= 15 is 0 Å². The molecule has 1 N–H and O–H groups in total. The third-order valence-electron chi connectivity index (χ3n) is 1.75. The lowest BCUT2D eigenvalue weighted by molar-refractivity contribution is -0.133. The summed E-state index contributed by atoms with van der Waals surface area (Å²) in [5.74, 6) is -1.09. The molecule has 0 aliphatic heterocycles. The Labute approximate surface area is 90.6 Å². The number of carbonyl (C=O) groups excluding carboxylic acids is 2. The topological polar surface area (TPSA) is 46.2 Å². The normalized spacial score (nSPS) is 9.64. The van der Waals surface area contributed by atoms with Gasteiger partial charge in [0.2, 0.25) is 5.78 Å². The summed E-state index contributed by atoms with van der Waals surface area (Å²) in [6.07, 6.45) is 0.